The lowest BCUT2D eigenvalue weighted by Gasteiger charge is -2.35. The van der Waals surface area contributed by atoms with Gasteiger partial charge in [-0.05, 0) is 45.8 Å². The van der Waals surface area contributed by atoms with E-state index in [1.807, 2.05) is 6.07 Å². The molecule has 0 saturated carbocycles. The topological polar surface area (TPSA) is 54.0 Å². The van der Waals surface area contributed by atoms with Crippen molar-refractivity contribution >= 4 is 0 Å². The fourth-order valence-corrected chi connectivity index (χ4v) is 2.99. The fraction of sp³-hybridized carbons (Fsp3) is 0.625. The van der Waals surface area contributed by atoms with Gasteiger partial charge in [0.2, 0.25) is 6.79 Å². The van der Waals surface area contributed by atoms with Gasteiger partial charge in [0.15, 0.2) is 11.5 Å². The number of aromatic hydroxyl groups is 1. The minimum atomic E-state index is 0.235. The van der Waals surface area contributed by atoms with E-state index in [0.717, 1.165) is 37.2 Å². The number of likely N-dealkylation sites (tertiary alicyclic amines) is 1. The lowest BCUT2D eigenvalue weighted by Crippen LogP contribution is -2.44. The molecule has 5 heteroatoms. The number of rotatable bonds is 4. The van der Waals surface area contributed by atoms with Crippen LogP contribution in [0.15, 0.2) is 12.1 Å². The van der Waals surface area contributed by atoms with Crippen LogP contribution in [-0.2, 0) is 6.54 Å². The number of fused-ring (bicyclic) bond motifs is 1. The molecule has 2 aliphatic heterocycles. The first kappa shape index (κ1) is 14.5. The molecule has 0 amide bonds. The zero-order valence-electron chi connectivity index (χ0n) is 12.8. The van der Waals surface area contributed by atoms with Gasteiger partial charge in [-0.3, -0.25) is 0 Å². The highest BCUT2D eigenvalue weighted by Crippen LogP contribution is 2.37. The number of benzene rings is 1. The number of ether oxygens (including phenoxy) is 2. The highest BCUT2D eigenvalue weighted by Gasteiger charge is 2.21. The number of nitrogens with one attached hydrogen (secondary N) is 1. The van der Waals surface area contributed by atoms with E-state index in [9.17, 15) is 5.11 Å². The van der Waals surface area contributed by atoms with Gasteiger partial charge in [0.1, 0.15) is 5.75 Å². The Morgan fingerprint density at radius 1 is 1.24 bits per heavy atom. The van der Waals surface area contributed by atoms with Crippen molar-refractivity contribution in [1.82, 2.24) is 10.2 Å². The minimum Gasteiger partial charge on any atom is -0.507 e. The number of piperidine rings is 1. The molecular formula is C16H24N2O3. The Morgan fingerprint density at radius 3 is 2.57 bits per heavy atom. The standard InChI is InChI=1S/C16H24N2O3/c1-11(2)18-5-3-13(4-6-18)17-9-12-7-15-16(8-14(12)19)21-10-20-15/h7-8,11,13,17,19H,3-6,9-10H2,1-2H3. The summed E-state index contributed by atoms with van der Waals surface area (Å²) < 4.78 is 10.6. The summed E-state index contributed by atoms with van der Waals surface area (Å²) in [5.41, 5.74) is 0.866. The molecule has 2 heterocycles. The van der Waals surface area contributed by atoms with Gasteiger partial charge in [0.25, 0.3) is 0 Å². The summed E-state index contributed by atoms with van der Waals surface area (Å²) >= 11 is 0. The first-order valence-corrected chi connectivity index (χ1v) is 7.72. The Kier molecular flexibility index (Phi) is 4.22. The van der Waals surface area contributed by atoms with Gasteiger partial charge in [-0.1, -0.05) is 0 Å². The molecule has 2 aliphatic rings. The van der Waals surface area contributed by atoms with Crippen molar-refractivity contribution in [1.29, 1.82) is 0 Å². The SMILES string of the molecule is CC(C)N1CCC(NCc2cc3c(cc2O)OCO3)CC1. The van der Waals surface area contributed by atoms with Crippen LogP contribution >= 0.6 is 0 Å². The van der Waals surface area contributed by atoms with E-state index in [2.05, 4.69) is 24.1 Å². The van der Waals surface area contributed by atoms with Gasteiger partial charge in [-0.15, -0.1) is 0 Å². The lowest BCUT2D eigenvalue weighted by molar-refractivity contribution is 0.160. The normalized spacial score (nSPS) is 19.4. The van der Waals surface area contributed by atoms with E-state index in [4.69, 9.17) is 9.47 Å². The third-order valence-corrected chi connectivity index (χ3v) is 4.41. The van der Waals surface area contributed by atoms with E-state index in [0.29, 0.717) is 24.4 Å². The summed E-state index contributed by atoms with van der Waals surface area (Å²) in [6.45, 7) is 7.68. The molecule has 0 atom stereocenters. The van der Waals surface area contributed by atoms with Crippen molar-refractivity contribution in [2.75, 3.05) is 19.9 Å². The molecule has 3 rings (SSSR count). The van der Waals surface area contributed by atoms with Crippen molar-refractivity contribution in [3.05, 3.63) is 17.7 Å². The van der Waals surface area contributed by atoms with Crippen LogP contribution in [0, 0.1) is 0 Å². The quantitative estimate of drug-likeness (QED) is 0.890. The maximum Gasteiger partial charge on any atom is 0.231 e. The predicted molar refractivity (Wildman–Crippen MR) is 80.8 cm³/mol. The molecule has 0 spiro atoms. The van der Waals surface area contributed by atoms with Crippen molar-refractivity contribution in [2.45, 2.75) is 45.3 Å². The Bertz CT molecular complexity index is 497. The minimum absolute atomic E-state index is 0.235. The summed E-state index contributed by atoms with van der Waals surface area (Å²) in [4.78, 5) is 2.51. The molecule has 0 unspecified atom stereocenters. The van der Waals surface area contributed by atoms with Gasteiger partial charge < -0.3 is 24.8 Å². The van der Waals surface area contributed by atoms with Crippen molar-refractivity contribution < 1.29 is 14.6 Å². The smallest absolute Gasteiger partial charge is 0.231 e. The van der Waals surface area contributed by atoms with E-state index in [-0.39, 0.29) is 12.5 Å². The summed E-state index contributed by atoms with van der Waals surface area (Å²) in [5, 5.41) is 13.6. The average molecular weight is 292 g/mol. The Morgan fingerprint density at radius 2 is 1.90 bits per heavy atom. The van der Waals surface area contributed by atoms with Gasteiger partial charge in [0, 0.05) is 30.3 Å². The van der Waals surface area contributed by atoms with E-state index < -0.39 is 0 Å². The van der Waals surface area contributed by atoms with E-state index in [1.54, 1.807) is 6.07 Å². The summed E-state index contributed by atoms with van der Waals surface area (Å²) in [5.74, 6) is 1.62. The zero-order valence-corrected chi connectivity index (χ0v) is 12.8. The second kappa shape index (κ2) is 6.12. The maximum absolute atomic E-state index is 10.0. The second-order valence-corrected chi connectivity index (χ2v) is 6.12. The van der Waals surface area contributed by atoms with Crippen molar-refractivity contribution in [2.24, 2.45) is 0 Å². The molecule has 1 saturated heterocycles. The number of phenols is 1. The Hall–Kier alpha value is -1.46. The molecular weight excluding hydrogens is 268 g/mol. The lowest BCUT2D eigenvalue weighted by atomic mass is 10.0. The Labute approximate surface area is 125 Å². The van der Waals surface area contributed by atoms with E-state index >= 15 is 0 Å². The van der Waals surface area contributed by atoms with Crippen molar-refractivity contribution in [3.63, 3.8) is 0 Å². The van der Waals surface area contributed by atoms with E-state index in [1.165, 1.54) is 0 Å². The van der Waals surface area contributed by atoms with Crippen LogP contribution in [0.5, 0.6) is 17.2 Å². The molecule has 0 radical (unpaired) electrons. The highest BCUT2D eigenvalue weighted by molar-refractivity contribution is 5.51. The Balaban J connectivity index is 1.54. The molecule has 116 valence electrons. The first-order chi connectivity index (χ1) is 10.1. The molecule has 5 nitrogen and oxygen atoms in total. The number of phenolic OH excluding ortho intramolecular Hbond substituents is 1. The number of nitrogens with zero attached hydrogens (tertiary/aromatic N) is 1. The fourth-order valence-electron chi connectivity index (χ4n) is 2.99. The average Bonchev–Trinajstić information content (AvgIpc) is 2.92. The summed E-state index contributed by atoms with van der Waals surface area (Å²) in [6.07, 6.45) is 2.31. The second-order valence-electron chi connectivity index (χ2n) is 6.12. The molecule has 1 aromatic rings. The first-order valence-electron chi connectivity index (χ1n) is 7.72. The van der Waals surface area contributed by atoms with Crippen LogP contribution in [-0.4, -0.2) is 42.0 Å². The molecule has 1 aromatic carbocycles. The van der Waals surface area contributed by atoms with Crippen LogP contribution in [0.2, 0.25) is 0 Å². The van der Waals surface area contributed by atoms with Gasteiger partial charge in [-0.25, -0.2) is 0 Å². The van der Waals surface area contributed by atoms with Crippen LogP contribution in [0.1, 0.15) is 32.3 Å². The van der Waals surface area contributed by atoms with Crippen LogP contribution in [0.3, 0.4) is 0 Å². The zero-order chi connectivity index (χ0) is 14.8. The summed E-state index contributed by atoms with van der Waals surface area (Å²) in [7, 11) is 0. The van der Waals surface area contributed by atoms with Gasteiger partial charge in [-0.2, -0.15) is 0 Å². The molecule has 2 N–H and O–H groups in total. The predicted octanol–water partition coefficient (Wildman–Crippen LogP) is 2.08. The van der Waals surface area contributed by atoms with Crippen LogP contribution in [0.25, 0.3) is 0 Å². The van der Waals surface area contributed by atoms with Crippen LogP contribution < -0.4 is 14.8 Å². The largest absolute Gasteiger partial charge is 0.507 e. The molecule has 0 aromatic heterocycles. The highest BCUT2D eigenvalue weighted by atomic mass is 16.7. The summed E-state index contributed by atoms with van der Waals surface area (Å²) in [6, 6.07) is 4.66. The number of hydrogen-bond donors (Lipinski definition) is 2. The third-order valence-electron chi connectivity index (χ3n) is 4.41. The third kappa shape index (κ3) is 3.24. The number of hydrogen-bond acceptors (Lipinski definition) is 5. The molecule has 0 aliphatic carbocycles. The van der Waals surface area contributed by atoms with Crippen LogP contribution in [0.4, 0.5) is 0 Å². The maximum atomic E-state index is 10.0. The molecule has 21 heavy (non-hydrogen) atoms. The van der Waals surface area contributed by atoms with Crippen molar-refractivity contribution in [3.8, 4) is 17.2 Å². The molecule has 0 bridgehead atoms. The monoisotopic (exact) mass is 292 g/mol. The molecule has 1 fully saturated rings. The van der Waals surface area contributed by atoms with Gasteiger partial charge in [0.05, 0.1) is 0 Å². The van der Waals surface area contributed by atoms with Gasteiger partial charge >= 0.3 is 0 Å².